The normalized spacial score (nSPS) is 12.9. The number of nitrogens with zero attached hydrogens (tertiary/aromatic N) is 1. The molecule has 1 amide bonds. The van der Waals surface area contributed by atoms with E-state index < -0.39 is 0 Å². The predicted octanol–water partition coefficient (Wildman–Crippen LogP) is 5.05. The first-order chi connectivity index (χ1) is 14.6. The van der Waals surface area contributed by atoms with Crippen LogP contribution in [0.15, 0.2) is 71.6 Å². The first-order valence-corrected chi connectivity index (χ1v) is 11.1. The zero-order valence-corrected chi connectivity index (χ0v) is 18.2. The van der Waals surface area contributed by atoms with Crippen molar-refractivity contribution in [3.63, 3.8) is 0 Å². The molecule has 0 bridgehead atoms. The molecular weight excluding hydrogens is 392 g/mol. The third kappa shape index (κ3) is 4.79. The molecule has 4 nitrogen and oxygen atoms in total. The standard InChI is InChI=1S/C25H26N2O2S/c1-18-3-5-20(6-4-18)17-27-13-14-30-24-12-9-21(15-23(24)27)25(28)26-16-19-7-10-22(29-2)11-8-19/h3-12,15H,13-14,16-17H2,1-2H3,(H,26,28). The second kappa shape index (κ2) is 9.26. The third-order valence-electron chi connectivity index (χ3n) is 5.29. The topological polar surface area (TPSA) is 41.6 Å². The van der Waals surface area contributed by atoms with Gasteiger partial charge in [-0.2, -0.15) is 0 Å². The molecule has 0 spiro atoms. The van der Waals surface area contributed by atoms with Gasteiger partial charge in [0.2, 0.25) is 0 Å². The van der Waals surface area contributed by atoms with Gasteiger partial charge < -0.3 is 15.0 Å². The molecule has 0 radical (unpaired) electrons. The minimum absolute atomic E-state index is 0.0560. The van der Waals surface area contributed by atoms with E-state index in [1.54, 1.807) is 7.11 Å². The maximum Gasteiger partial charge on any atom is 0.251 e. The smallest absolute Gasteiger partial charge is 0.251 e. The van der Waals surface area contributed by atoms with Crippen molar-refractivity contribution in [2.45, 2.75) is 24.9 Å². The average molecular weight is 419 g/mol. The van der Waals surface area contributed by atoms with E-state index in [0.717, 1.165) is 35.8 Å². The highest BCUT2D eigenvalue weighted by Crippen LogP contribution is 2.36. The summed E-state index contributed by atoms with van der Waals surface area (Å²) in [4.78, 5) is 16.4. The van der Waals surface area contributed by atoms with Crippen LogP contribution < -0.4 is 15.0 Å². The lowest BCUT2D eigenvalue weighted by Crippen LogP contribution is -2.29. The number of benzene rings is 3. The molecule has 0 aliphatic carbocycles. The van der Waals surface area contributed by atoms with Gasteiger partial charge >= 0.3 is 0 Å². The van der Waals surface area contributed by atoms with Gasteiger partial charge in [-0.15, -0.1) is 11.8 Å². The number of hydrogen-bond donors (Lipinski definition) is 1. The molecule has 0 atom stereocenters. The van der Waals surface area contributed by atoms with Crippen LogP contribution in [0.5, 0.6) is 5.75 Å². The SMILES string of the molecule is COc1ccc(CNC(=O)c2ccc3c(c2)N(Cc2ccc(C)cc2)CCS3)cc1. The highest BCUT2D eigenvalue weighted by molar-refractivity contribution is 7.99. The number of thioether (sulfide) groups is 1. The Bertz CT molecular complexity index is 1020. The Kier molecular flexibility index (Phi) is 6.29. The van der Waals surface area contributed by atoms with Crippen LogP contribution in [0.2, 0.25) is 0 Å². The number of hydrogen-bond acceptors (Lipinski definition) is 4. The molecule has 0 unspecified atom stereocenters. The first-order valence-electron chi connectivity index (χ1n) is 10.1. The molecular formula is C25H26N2O2S. The molecule has 30 heavy (non-hydrogen) atoms. The molecule has 154 valence electrons. The zero-order valence-electron chi connectivity index (χ0n) is 17.4. The van der Waals surface area contributed by atoms with Crippen molar-refractivity contribution >= 4 is 23.4 Å². The minimum Gasteiger partial charge on any atom is -0.497 e. The minimum atomic E-state index is -0.0560. The van der Waals surface area contributed by atoms with E-state index in [-0.39, 0.29) is 5.91 Å². The Labute approximate surface area is 182 Å². The van der Waals surface area contributed by atoms with Crippen LogP contribution in [0, 0.1) is 6.92 Å². The lowest BCUT2D eigenvalue weighted by molar-refractivity contribution is 0.0951. The number of anilines is 1. The van der Waals surface area contributed by atoms with E-state index in [4.69, 9.17) is 4.74 Å². The number of aryl methyl sites for hydroxylation is 1. The number of ether oxygens (including phenoxy) is 1. The molecule has 1 aliphatic rings. The molecule has 4 rings (SSSR count). The van der Waals surface area contributed by atoms with Crippen molar-refractivity contribution in [3.05, 3.63) is 89.0 Å². The van der Waals surface area contributed by atoms with Gasteiger partial charge in [-0.3, -0.25) is 4.79 Å². The largest absolute Gasteiger partial charge is 0.497 e. The second-order valence-corrected chi connectivity index (χ2v) is 8.61. The summed E-state index contributed by atoms with van der Waals surface area (Å²) in [5.41, 5.74) is 5.43. The highest BCUT2D eigenvalue weighted by atomic mass is 32.2. The molecule has 0 saturated carbocycles. The summed E-state index contributed by atoms with van der Waals surface area (Å²) in [6, 6.07) is 22.4. The summed E-state index contributed by atoms with van der Waals surface area (Å²) in [6.07, 6.45) is 0. The fourth-order valence-corrected chi connectivity index (χ4v) is 4.55. The predicted molar refractivity (Wildman–Crippen MR) is 124 cm³/mol. The number of rotatable bonds is 6. The average Bonchev–Trinajstić information content (AvgIpc) is 2.79. The van der Waals surface area contributed by atoms with Crippen molar-refractivity contribution < 1.29 is 9.53 Å². The molecule has 3 aromatic rings. The molecule has 3 aromatic carbocycles. The van der Waals surface area contributed by atoms with E-state index in [9.17, 15) is 4.79 Å². The van der Waals surface area contributed by atoms with Gasteiger partial charge in [0, 0.05) is 35.8 Å². The highest BCUT2D eigenvalue weighted by Gasteiger charge is 2.19. The van der Waals surface area contributed by atoms with Crippen LogP contribution in [0.3, 0.4) is 0 Å². The Balaban J connectivity index is 1.46. The van der Waals surface area contributed by atoms with Crippen molar-refractivity contribution in [2.75, 3.05) is 24.3 Å². The van der Waals surface area contributed by atoms with Gasteiger partial charge in [-0.05, 0) is 48.4 Å². The van der Waals surface area contributed by atoms with Crippen LogP contribution in [-0.2, 0) is 13.1 Å². The molecule has 1 N–H and O–H groups in total. The van der Waals surface area contributed by atoms with Crippen LogP contribution in [0.1, 0.15) is 27.0 Å². The Morgan fingerprint density at radius 3 is 2.50 bits per heavy atom. The number of amides is 1. The van der Waals surface area contributed by atoms with Crippen LogP contribution >= 0.6 is 11.8 Å². The Morgan fingerprint density at radius 2 is 1.77 bits per heavy atom. The van der Waals surface area contributed by atoms with Crippen LogP contribution in [0.4, 0.5) is 5.69 Å². The maximum atomic E-state index is 12.8. The summed E-state index contributed by atoms with van der Waals surface area (Å²) in [5.74, 6) is 1.81. The summed E-state index contributed by atoms with van der Waals surface area (Å²) in [7, 11) is 1.65. The summed E-state index contributed by atoms with van der Waals surface area (Å²) >= 11 is 1.85. The van der Waals surface area contributed by atoms with Gasteiger partial charge in [-0.25, -0.2) is 0 Å². The van der Waals surface area contributed by atoms with E-state index in [2.05, 4.69) is 47.5 Å². The Hall–Kier alpha value is -2.92. The Morgan fingerprint density at radius 1 is 1.03 bits per heavy atom. The quantitative estimate of drug-likeness (QED) is 0.609. The molecule has 1 aliphatic heterocycles. The monoisotopic (exact) mass is 418 g/mol. The number of carbonyl (C=O) groups is 1. The third-order valence-corrected chi connectivity index (χ3v) is 6.33. The fraction of sp³-hybridized carbons (Fsp3) is 0.240. The van der Waals surface area contributed by atoms with Crippen molar-refractivity contribution in [1.29, 1.82) is 0 Å². The molecule has 0 saturated heterocycles. The number of nitrogens with one attached hydrogen (secondary N) is 1. The van der Waals surface area contributed by atoms with Crippen molar-refractivity contribution in [1.82, 2.24) is 5.32 Å². The van der Waals surface area contributed by atoms with Gasteiger partial charge in [0.15, 0.2) is 0 Å². The van der Waals surface area contributed by atoms with Gasteiger partial charge in [0.25, 0.3) is 5.91 Å². The maximum absolute atomic E-state index is 12.8. The fourth-order valence-electron chi connectivity index (χ4n) is 3.52. The molecule has 1 heterocycles. The van der Waals surface area contributed by atoms with Crippen molar-refractivity contribution in [3.8, 4) is 5.75 Å². The summed E-state index contributed by atoms with van der Waals surface area (Å²) in [5, 5.41) is 3.03. The lowest BCUT2D eigenvalue weighted by atomic mass is 10.1. The van der Waals surface area contributed by atoms with Gasteiger partial charge in [0.1, 0.15) is 5.75 Å². The molecule has 5 heteroatoms. The van der Waals surface area contributed by atoms with Crippen LogP contribution in [0.25, 0.3) is 0 Å². The van der Waals surface area contributed by atoms with Crippen molar-refractivity contribution in [2.24, 2.45) is 0 Å². The summed E-state index contributed by atoms with van der Waals surface area (Å²) < 4.78 is 5.18. The second-order valence-electron chi connectivity index (χ2n) is 7.47. The van der Waals surface area contributed by atoms with E-state index in [1.807, 2.05) is 48.2 Å². The van der Waals surface area contributed by atoms with E-state index in [1.165, 1.54) is 16.0 Å². The van der Waals surface area contributed by atoms with Gasteiger partial charge in [0.05, 0.1) is 12.8 Å². The van der Waals surface area contributed by atoms with E-state index >= 15 is 0 Å². The molecule has 0 aromatic heterocycles. The zero-order chi connectivity index (χ0) is 20.9. The number of fused-ring (bicyclic) bond motifs is 1. The number of methoxy groups -OCH3 is 1. The van der Waals surface area contributed by atoms with E-state index in [0.29, 0.717) is 12.1 Å². The lowest BCUT2D eigenvalue weighted by Gasteiger charge is -2.31. The molecule has 0 fully saturated rings. The van der Waals surface area contributed by atoms with Gasteiger partial charge in [-0.1, -0.05) is 42.0 Å². The first kappa shape index (κ1) is 20.4. The number of carbonyl (C=O) groups excluding carboxylic acids is 1. The summed E-state index contributed by atoms with van der Waals surface area (Å²) in [6.45, 7) is 4.42. The van der Waals surface area contributed by atoms with Crippen LogP contribution in [-0.4, -0.2) is 25.3 Å².